The van der Waals surface area contributed by atoms with Crippen LogP contribution >= 0.6 is 0 Å². The van der Waals surface area contributed by atoms with Crippen molar-refractivity contribution in [2.45, 2.75) is 12.8 Å². The lowest BCUT2D eigenvalue weighted by Crippen LogP contribution is -2.26. The number of carbonyl (C=O) groups excluding carboxylic acids is 2. The lowest BCUT2D eigenvalue weighted by atomic mass is 9.89. The van der Waals surface area contributed by atoms with E-state index in [2.05, 4.69) is 10.5 Å². The predicted molar refractivity (Wildman–Crippen MR) is 107 cm³/mol. The third kappa shape index (κ3) is 3.13. The second-order valence-electron chi connectivity index (χ2n) is 6.69. The maximum Gasteiger partial charge on any atom is 0.282 e. The number of amides is 2. The molecule has 0 unspecified atom stereocenters. The van der Waals surface area contributed by atoms with E-state index in [0.29, 0.717) is 24.1 Å². The smallest absolute Gasteiger partial charge is 0.282 e. The van der Waals surface area contributed by atoms with Gasteiger partial charge in [0.05, 0.1) is 17.7 Å². The fraction of sp³-hybridized carbons (Fsp3) is 0.150. The summed E-state index contributed by atoms with van der Waals surface area (Å²) in [5, 5.41) is 15.6. The minimum Gasteiger partial charge on any atom is -0.497 e. The number of aromatic nitrogens is 2. The van der Waals surface area contributed by atoms with Gasteiger partial charge < -0.3 is 10.5 Å². The molecule has 0 bridgehead atoms. The molecule has 4 rings (SSSR count). The Morgan fingerprint density at radius 1 is 1.23 bits per heavy atom. The van der Waals surface area contributed by atoms with Gasteiger partial charge in [-0.15, -0.1) is 5.10 Å². The molecule has 2 amide bonds. The van der Waals surface area contributed by atoms with Crippen LogP contribution in [0.25, 0.3) is 11.3 Å². The van der Waals surface area contributed by atoms with Gasteiger partial charge in [-0.3, -0.25) is 19.7 Å². The summed E-state index contributed by atoms with van der Waals surface area (Å²) in [6, 6.07) is 11.4. The molecule has 10 heteroatoms. The monoisotopic (exact) mass is 407 g/mol. The first-order chi connectivity index (χ1) is 14.4. The number of fused-ring (bicyclic) bond motifs is 3. The van der Waals surface area contributed by atoms with E-state index in [1.165, 1.54) is 30.1 Å². The number of hydrogen-bond acceptors (Lipinski definition) is 6. The molecule has 3 aromatic rings. The van der Waals surface area contributed by atoms with Gasteiger partial charge in [0, 0.05) is 17.2 Å². The van der Waals surface area contributed by atoms with E-state index >= 15 is 0 Å². The molecule has 2 aromatic carbocycles. The van der Waals surface area contributed by atoms with E-state index in [1.54, 1.807) is 0 Å². The van der Waals surface area contributed by atoms with Crippen molar-refractivity contribution in [3.05, 3.63) is 75.0 Å². The molecular weight excluding hydrogens is 390 g/mol. The lowest BCUT2D eigenvalue weighted by molar-refractivity contribution is -0.385. The first-order valence-electron chi connectivity index (χ1n) is 9.04. The summed E-state index contributed by atoms with van der Waals surface area (Å²) in [4.78, 5) is 36.7. The van der Waals surface area contributed by atoms with Crippen molar-refractivity contribution >= 4 is 17.5 Å². The van der Waals surface area contributed by atoms with E-state index < -0.39 is 16.7 Å². The number of rotatable bonds is 5. The van der Waals surface area contributed by atoms with Gasteiger partial charge in [0.1, 0.15) is 11.3 Å². The number of benzene rings is 2. The molecule has 1 aliphatic rings. The molecule has 1 heterocycles. The van der Waals surface area contributed by atoms with Crippen LogP contribution in [0.3, 0.4) is 0 Å². The Labute approximate surface area is 170 Å². The highest BCUT2D eigenvalue weighted by molar-refractivity contribution is 6.04. The summed E-state index contributed by atoms with van der Waals surface area (Å²) in [7, 11) is 1.39. The zero-order valence-electron chi connectivity index (χ0n) is 15.9. The number of nitrogens with one attached hydrogen (secondary N) is 1. The zero-order valence-corrected chi connectivity index (χ0v) is 15.9. The second kappa shape index (κ2) is 7.32. The van der Waals surface area contributed by atoms with E-state index in [9.17, 15) is 19.7 Å². The molecule has 0 saturated heterocycles. The van der Waals surface area contributed by atoms with E-state index in [0.717, 1.165) is 11.1 Å². The Bertz CT molecular complexity index is 1200. The van der Waals surface area contributed by atoms with Crippen LogP contribution in [0.2, 0.25) is 0 Å². The number of nitro benzene ring substituents is 1. The number of aryl methyl sites for hydroxylation is 1. The topological polar surface area (TPSA) is 142 Å². The van der Waals surface area contributed by atoms with Crippen molar-refractivity contribution in [1.29, 1.82) is 0 Å². The average Bonchev–Trinajstić information content (AvgIpc) is 3.12. The van der Waals surface area contributed by atoms with Gasteiger partial charge in [0.2, 0.25) is 0 Å². The van der Waals surface area contributed by atoms with Gasteiger partial charge in [-0.05, 0) is 30.5 Å². The van der Waals surface area contributed by atoms with Crippen LogP contribution in [0.15, 0.2) is 42.5 Å². The summed E-state index contributed by atoms with van der Waals surface area (Å²) in [6.07, 6.45) is 1.23. The van der Waals surface area contributed by atoms with Gasteiger partial charge in [-0.1, -0.05) is 24.3 Å². The average molecular weight is 407 g/mol. The SMILES string of the molecule is COc1ccc([N+](=O)[O-])c(C(=O)Nn2nc(C(N)=O)c3c2-c2ccccc2CC3)c1. The van der Waals surface area contributed by atoms with E-state index in [1.807, 2.05) is 24.3 Å². The summed E-state index contributed by atoms with van der Waals surface area (Å²) in [5.74, 6) is -1.20. The Balaban J connectivity index is 1.81. The van der Waals surface area contributed by atoms with E-state index in [4.69, 9.17) is 10.5 Å². The summed E-state index contributed by atoms with van der Waals surface area (Å²) in [6.45, 7) is 0. The molecule has 0 aliphatic heterocycles. The summed E-state index contributed by atoms with van der Waals surface area (Å²) >= 11 is 0. The van der Waals surface area contributed by atoms with Crippen LogP contribution in [0.5, 0.6) is 5.75 Å². The number of nitro groups is 1. The molecule has 0 spiro atoms. The van der Waals surface area contributed by atoms with Crippen LogP contribution in [-0.2, 0) is 12.8 Å². The van der Waals surface area contributed by atoms with Crippen molar-refractivity contribution in [2.75, 3.05) is 12.5 Å². The minimum absolute atomic E-state index is 0.0555. The number of primary amides is 1. The van der Waals surface area contributed by atoms with Crippen molar-refractivity contribution in [3.63, 3.8) is 0 Å². The third-order valence-electron chi connectivity index (χ3n) is 4.99. The van der Waals surface area contributed by atoms with Crippen LogP contribution < -0.4 is 15.9 Å². The summed E-state index contributed by atoms with van der Waals surface area (Å²) in [5.41, 5.74) is 10.5. The van der Waals surface area contributed by atoms with Crippen molar-refractivity contribution in [2.24, 2.45) is 5.73 Å². The van der Waals surface area contributed by atoms with Crippen molar-refractivity contribution in [1.82, 2.24) is 9.89 Å². The van der Waals surface area contributed by atoms with E-state index in [-0.39, 0.29) is 22.7 Å². The molecular formula is C20H17N5O5. The Kier molecular flexibility index (Phi) is 4.66. The Morgan fingerprint density at radius 3 is 2.70 bits per heavy atom. The van der Waals surface area contributed by atoms with Gasteiger partial charge in [-0.2, -0.15) is 4.79 Å². The zero-order chi connectivity index (χ0) is 21.4. The number of hydrogen-bond donors (Lipinski definition) is 2. The van der Waals surface area contributed by atoms with Crippen molar-refractivity contribution < 1.29 is 19.2 Å². The number of methoxy groups -OCH3 is 1. The molecule has 30 heavy (non-hydrogen) atoms. The van der Waals surface area contributed by atoms with Crippen LogP contribution in [0.1, 0.15) is 32.0 Å². The molecule has 0 fully saturated rings. The first-order valence-corrected chi connectivity index (χ1v) is 9.04. The number of nitrogens with zero attached hydrogens (tertiary/aromatic N) is 3. The number of nitrogens with two attached hydrogens (primary N) is 1. The summed E-state index contributed by atoms with van der Waals surface area (Å²) < 4.78 is 5.08. The van der Waals surface area contributed by atoms with Crippen LogP contribution in [0.4, 0.5) is 5.69 Å². The highest BCUT2D eigenvalue weighted by Gasteiger charge is 2.29. The van der Waals surface area contributed by atoms with Gasteiger partial charge in [0.25, 0.3) is 17.5 Å². The predicted octanol–water partition coefficient (Wildman–Crippen LogP) is 2.05. The molecule has 152 valence electrons. The van der Waals surface area contributed by atoms with Gasteiger partial charge in [-0.25, -0.2) is 5.43 Å². The molecule has 1 aliphatic carbocycles. The standard InChI is InChI=1S/C20H17N5O5/c1-30-12-7-9-16(25(28)29)15(10-12)20(27)23-24-18-13-5-3-2-4-11(13)6-8-14(18)17(22-24)19(21)26/h2-5,7,9-10H,6,8H2,1H3,(H2,21,26)(H,23,27). The lowest BCUT2D eigenvalue weighted by Gasteiger charge is -2.18. The van der Waals surface area contributed by atoms with Gasteiger partial charge >= 0.3 is 0 Å². The fourth-order valence-electron chi connectivity index (χ4n) is 3.61. The molecule has 0 atom stereocenters. The minimum atomic E-state index is -0.773. The largest absolute Gasteiger partial charge is 0.497 e. The second-order valence-corrected chi connectivity index (χ2v) is 6.69. The normalized spacial score (nSPS) is 11.9. The molecule has 0 saturated carbocycles. The Hall–Kier alpha value is -4.21. The van der Waals surface area contributed by atoms with Gasteiger partial charge in [0.15, 0.2) is 5.69 Å². The first kappa shape index (κ1) is 19.1. The van der Waals surface area contributed by atoms with Crippen molar-refractivity contribution in [3.8, 4) is 17.0 Å². The fourth-order valence-corrected chi connectivity index (χ4v) is 3.61. The molecule has 10 nitrogen and oxygen atoms in total. The number of carbonyl (C=O) groups is 2. The molecule has 3 N–H and O–H groups in total. The van der Waals surface area contributed by atoms with Crippen LogP contribution in [-0.4, -0.2) is 33.7 Å². The highest BCUT2D eigenvalue weighted by Crippen LogP contribution is 2.35. The third-order valence-corrected chi connectivity index (χ3v) is 4.99. The quantitative estimate of drug-likeness (QED) is 0.489. The Morgan fingerprint density at radius 2 is 2.00 bits per heavy atom. The molecule has 1 aromatic heterocycles. The van der Waals surface area contributed by atoms with Crippen LogP contribution in [0, 0.1) is 10.1 Å². The molecule has 0 radical (unpaired) electrons. The maximum atomic E-state index is 12.9. The maximum absolute atomic E-state index is 12.9. The number of ether oxygens (including phenoxy) is 1. The highest BCUT2D eigenvalue weighted by atomic mass is 16.6.